The Morgan fingerprint density at radius 1 is 1.18 bits per heavy atom. The highest BCUT2D eigenvalue weighted by molar-refractivity contribution is 9.10. The number of carbonyl (C=O) groups is 1. The summed E-state index contributed by atoms with van der Waals surface area (Å²) in [5.74, 6) is -1.19. The number of benzene rings is 2. The second-order valence-electron chi connectivity index (χ2n) is 6.21. The van der Waals surface area contributed by atoms with E-state index in [1.165, 1.54) is 0 Å². The number of ether oxygens (including phenoxy) is 2. The number of esters is 1. The van der Waals surface area contributed by atoms with Gasteiger partial charge >= 0.3 is 11.6 Å². The zero-order valence-corrected chi connectivity index (χ0v) is 16.5. The van der Waals surface area contributed by atoms with Crippen molar-refractivity contribution in [3.8, 4) is 5.75 Å². The molecular formula is C21H16BrNO5. The third-order valence-corrected chi connectivity index (χ3v) is 5.08. The minimum atomic E-state index is -0.767. The predicted octanol–water partition coefficient (Wildman–Crippen LogP) is 3.81. The number of rotatable bonds is 3. The summed E-state index contributed by atoms with van der Waals surface area (Å²) in [7, 11) is 0. The van der Waals surface area contributed by atoms with Crippen LogP contribution in [0.25, 0.3) is 11.0 Å². The summed E-state index contributed by atoms with van der Waals surface area (Å²) < 4.78 is 17.3. The first-order chi connectivity index (χ1) is 13.5. The Bertz CT molecular complexity index is 1160. The molecular weight excluding hydrogens is 426 g/mol. The summed E-state index contributed by atoms with van der Waals surface area (Å²) in [6.45, 7) is 1.87. The molecule has 28 heavy (non-hydrogen) atoms. The lowest BCUT2D eigenvalue weighted by molar-refractivity contribution is -0.139. The molecule has 1 aliphatic rings. The first-order valence-electron chi connectivity index (χ1n) is 8.67. The van der Waals surface area contributed by atoms with Crippen molar-refractivity contribution < 1.29 is 18.7 Å². The molecule has 0 spiro atoms. The normalized spacial score (nSPS) is 15.9. The summed E-state index contributed by atoms with van der Waals surface area (Å²) in [5.41, 5.74) is 6.93. The molecule has 6 nitrogen and oxygen atoms in total. The Morgan fingerprint density at radius 3 is 2.61 bits per heavy atom. The predicted molar refractivity (Wildman–Crippen MR) is 107 cm³/mol. The van der Waals surface area contributed by atoms with E-state index in [9.17, 15) is 9.59 Å². The molecule has 0 saturated heterocycles. The van der Waals surface area contributed by atoms with E-state index >= 15 is 0 Å². The molecule has 142 valence electrons. The molecule has 1 aliphatic heterocycles. The van der Waals surface area contributed by atoms with Crippen LogP contribution in [0.1, 0.15) is 24.0 Å². The van der Waals surface area contributed by atoms with Gasteiger partial charge in [0.15, 0.2) is 5.75 Å². The Kier molecular flexibility index (Phi) is 4.68. The lowest BCUT2D eigenvalue weighted by Crippen LogP contribution is -2.31. The number of fused-ring (bicyclic) bond motifs is 3. The Balaban J connectivity index is 2.03. The van der Waals surface area contributed by atoms with Crippen LogP contribution in [0.15, 0.2) is 73.7 Å². The molecule has 2 heterocycles. The van der Waals surface area contributed by atoms with Crippen molar-refractivity contribution in [2.24, 2.45) is 5.73 Å². The molecule has 0 saturated carbocycles. The molecule has 2 N–H and O–H groups in total. The van der Waals surface area contributed by atoms with Gasteiger partial charge in [-0.1, -0.05) is 40.2 Å². The summed E-state index contributed by atoms with van der Waals surface area (Å²) in [6.07, 6.45) is 0. The molecule has 1 aromatic heterocycles. The minimum absolute atomic E-state index is 0.0826. The molecule has 3 aromatic rings. The summed E-state index contributed by atoms with van der Waals surface area (Å²) in [6, 6.07) is 14.3. The van der Waals surface area contributed by atoms with Gasteiger partial charge in [-0.2, -0.15) is 0 Å². The van der Waals surface area contributed by atoms with E-state index in [1.54, 1.807) is 31.2 Å². The second kappa shape index (κ2) is 7.16. The topological polar surface area (TPSA) is 91.8 Å². The summed E-state index contributed by atoms with van der Waals surface area (Å²) >= 11 is 3.40. The summed E-state index contributed by atoms with van der Waals surface area (Å²) in [5, 5.41) is 0.602. The van der Waals surface area contributed by atoms with Gasteiger partial charge < -0.3 is 19.6 Å². The van der Waals surface area contributed by atoms with E-state index < -0.39 is 17.5 Å². The lowest BCUT2D eigenvalue weighted by Gasteiger charge is -2.28. The highest BCUT2D eigenvalue weighted by Crippen LogP contribution is 2.44. The number of nitrogens with two attached hydrogens (primary N) is 1. The van der Waals surface area contributed by atoms with Crippen LogP contribution in [-0.4, -0.2) is 12.6 Å². The van der Waals surface area contributed by atoms with Crippen molar-refractivity contribution in [2.45, 2.75) is 12.8 Å². The van der Waals surface area contributed by atoms with Crippen LogP contribution < -0.4 is 16.1 Å². The Hall–Kier alpha value is -3.06. The summed E-state index contributed by atoms with van der Waals surface area (Å²) in [4.78, 5) is 25.6. The van der Waals surface area contributed by atoms with E-state index in [0.717, 1.165) is 4.47 Å². The van der Waals surface area contributed by atoms with Crippen molar-refractivity contribution in [3.05, 3.63) is 86.0 Å². The van der Waals surface area contributed by atoms with Gasteiger partial charge in [0.25, 0.3) is 0 Å². The van der Waals surface area contributed by atoms with Gasteiger partial charge in [-0.25, -0.2) is 9.59 Å². The third kappa shape index (κ3) is 2.97. The fourth-order valence-electron chi connectivity index (χ4n) is 3.36. The van der Waals surface area contributed by atoms with Crippen LogP contribution in [0.5, 0.6) is 5.75 Å². The first-order valence-corrected chi connectivity index (χ1v) is 9.46. The molecule has 7 heteroatoms. The molecule has 0 bridgehead atoms. The fourth-order valence-corrected chi connectivity index (χ4v) is 3.63. The maximum Gasteiger partial charge on any atom is 0.344 e. The monoisotopic (exact) mass is 441 g/mol. The fraction of sp³-hybridized carbons (Fsp3) is 0.143. The SMILES string of the molecule is CCOC(=O)C1=C(N)Oc2c(c(=O)oc3ccccc23)[C@H]1c1ccc(Br)cc1. The largest absolute Gasteiger partial charge is 0.462 e. The maximum atomic E-state index is 12.9. The number of para-hydroxylation sites is 1. The Morgan fingerprint density at radius 2 is 1.89 bits per heavy atom. The quantitative estimate of drug-likeness (QED) is 0.490. The van der Waals surface area contributed by atoms with Crippen molar-refractivity contribution >= 4 is 32.9 Å². The molecule has 1 atom stereocenters. The van der Waals surface area contributed by atoms with Crippen LogP contribution in [0.2, 0.25) is 0 Å². The highest BCUT2D eigenvalue weighted by Gasteiger charge is 2.39. The van der Waals surface area contributed by atoms with Crippen LogP contribution in [0.4, 0.5) is 0 Å². The zero-order valence-electron chi connectivity index (χ0n) is 14.9. The molecule has 0 unspecified atom stereocenters. The molecule has 2 aromatic carbocycles. The maximum absolute atomic E-state index is 12.9. The third-order valence-electron chi connectivity index (χ3n) is 4.55. The van der Waals surface area contributed by atoms with Gasteiger partial charge in [0.05, 0.1) is 23.5 Å². The van der Waals surface area contributed by atoms with Gasteiger partial charge in [0, 0.05) is 4.47 Å². The zero-order chi connectivity index (χ0) is 19.8. The van der Waals surface area contributed by atoms with Crippen molar-refractivity contribution in [2.75, 3.05) is 6.61 Å². The lowest BCUT2D eigenvalue weighted by atomic mass is 9.83. The van der Waals surface area contributed by atoms with Crippen LogP contribution >= 0.6 is 15.9 Å². The number of hydrogen-bond acceptors (Lipinski definition) is 6. The highest BCUT2D eigenvalue weighted by atomic mass is 79.9. The average molecular weight is 442 g/mol. The van der Waals surface area contributed by atoms with Gasteiger partial charge in [0.2, 0.25) is 5.88 Å². The van der Waals surface area contributed by atoms with E-state index in [-0.39, 0.29) is 23.6 Å². The van der Waals surface area contributed by atoms with E-state index in [2.05, 4.69) is 15.9 Å². The van der Waals surface area contributed by atoms with Crippen LogP contribution in [-0.2, 0) is 9.53 Å². The van der Waals surface area contributed by atoms with Gasteiger partial charge in [0.1, 0.15) is 11.2 Å². The molecule has 0 amide bonds. The van der Waals surface area contributed by atoms with Crippen LogP contribution in [0.3, 0.4) is 0 Å². The van der Waals surface area contributed by atoms with Gasteiger partial charge in [-0.05, 0) is 36.8 Å². The van der Waals surface area contributed by atoms with Crippen LogP contribution in [0, 0.1) is 0 Å². The molecule has 0 fully saturated rings. The van der Waals surface area contributed by atoms with Crippen molar-refractivity contribution in [1.82, 2.24) is 0 Å². The van der Waals surface area contributed by atoms with Crippen molar-refractivity contribution in [1.29, 1.82) is 0 Å². The smallest absolute Gasteiger partial charge is 0.344 e. The van der Waals surface area contributed by atoms with E-state index in [1.807, 2.05) is 24.3 Å². The number of halogens is 1. The molecule has 0 radical (unpaired) electrons. The first kappa shape index (κ1) is 18.3. The Labute approximate surface area is 168 Å². The van der Waals surface area contributed by atoms with E-state index in [4.69, 9.17) is 19.6 Å². The van der Waals surface area contributed by atoms with E-state index in [0.29, 0.717) is 22.3 Å². The molecule has 4 rings (SSSR count). The standard InChI is InChI=1S/C21H16BrNO5/c1-2-26-20(24)17-15(11-7-9-12(22)10-8-11)16-18(28-19(17)23)13-5-3-4-6-14(13)27-21(16)25/h3-10,15H,2,23H2,1H3/t15-/m1/s1. The number of hydrogen-bond donors (Lipinski definition) is 1. The van der Waals surface area contributed by atoms with Gasteiger partial charge in [-0.3, -0.25) is 0 Å². The van der Waals surface area contributed by atoms with Crippen molar-refractivity contribution in [3.63, 3.8) is 0 Å². The molecule has 0 aliphatic carbocycles. The van der Waals surface area contributed by atoms with Gasteiger partial charge in [-0.15, -0.1) is 0 Å². The number of carbonyl (C=O) groups excluding carboxylic acids is 1. The second-order valence-corrected chi connectivity index (χ2v) is 7.13. The minimum Gasteiger partial charge on any atom is -0.462 e. The average Bonchev–Trinajstić information content (AvgIpc) is 2.68.